The molecule has 0 unspecified atom stereocenters. The molecule has 0 amide bonds. The molecule has 0 saturated heterocycles. The van der Waals surface area contributed by atoms with Crippen LogP contribution in [-0.4, -0.2) is 16.8 Å². The monoisotopic (exact) mass is 264 g/mol. The molecule has 0 atom stereocenters. The third-order valence-electron chi connectivity index (χ3n) is 2.56. The molecule has 2 N–H and O–H groups in total. The summed E-state index contributed by atoms with van der Waals surface area (Å²) in [5.41, 5.74) is 1.77. The van der Waals surface area contributed by atoms with E-state index < -0.39 is 5.56 Å². The maximum Gasteiger partial charge on any atom is 0.292 e. The molecule has 6 heteroatoms. The van der Waals surface area contributed by atoms with E-state index in [0.29, 0.717) is 11.4 Å². The number of aryl methyl sites for hydroxylation is 1. The zero-order chi connectivity index (χ0) is 13.3. The van der Waals surface area contributed by atoms with Crippen molar-refractivity contribution in [2.75, 3.05) is 12.1 Å². The van der Waals surface area contributed by atoms with Crippen molar-refractivity contribution >= 4 is 17.3 Å². The van der Waals surface area contributed by atoms with Gasteiger partial charge in [0.15, 0.2) is 0 Å². The van der Waals surface area contributed by atoms with E-state index in [1.165, 1.54) is 15.9 Å². The van der Waals surface area contributed by atoms with Crippen LogP contribution in [0.25, 0.3) is 5.69 Å². The van der Waals surface area contributed by atoms with Gasteiger partial charge in [0.2, 0.25) is 0 Å². The second-order valence-electron chi connectivity index (χ2n) is 4.01. The molecule has 0 fully saturated rings. The SMILES string of the molecule is Cc1ccc(-n2ncc(N(C)N)c(Cl)c2=O)cc1. The van der Waals surface area contributed by atoms with Gasteiger partial charge in [-0.25, -0.2) is 5.84 Å². The summed E-state index contributed by atoms with van der Waals surface area (Å²) >= 11 is 5.98. The number of nitrogens with two attached hydrogens (primary N) is 1. The Kier molecular flexibility index (Phi) is 3.36. The predicted octanol–water partition coefficient (Wildman–Crippen LogP) is 1.50. The highest BCUT2D eigenvalue weighted by molar-refractivity contribution is 6.33. The quantitative estimate of drug-likeness (QED) is 0.660. The number of hydrogen-bond donors (Lipinski definition) is 1. The van der Waals surface area contributed by atoms with Crippen molar-refractivity contribution in [3.05, 3.63) is 51.4 Å². The van der Waals surface area contributed by atoms with Crippen LogP contribution in [0.3, 0.4) is 0 Å². The van der Waals surface area contributed by atoms with Crippen LogP contribution in [0.1, 0.15) is 5.56 Å². The second kappa shape index (κ2) is 4.80. The molecule has 5 nitrogen and oxygen atoms in total. The Hall–Kier alpha value is -1.85. The summed E-state index contributed by atoms with van der Waals surface area (Å²) in [7, 11) is 1.60. The highest BCUT2D eigenvalue weighted by Crippen LogP contribution is 2.18. The van der Waals surface area contributed by atoms with Crippen LogP contribution in [-0.2, 0) is 0 Å². The number of rotatable bonds is 2. The lowest BCUT2D eigenvalue weighted by molar-refractivity contribution is 0.799. The lowest BCUT2D eigenvalue weighted by Crippen LogP contribution is -2.30. The van der Waals surface area contributed by atoms with Gasteiger partial charge >= 0.3 is 0 Å². The van der Waals surface area contributed by atoms with E-state index in [1.54, 1.807) is 7.05 Å². The predicted molar refractivity (Wildman–Crippen MR) is 72.2 cm³/mol. The molecule has 0 spiro atoms. The molecular formula is C12H13ClN4O. The van der Waals surface area contributed by atoms with E-state index in [9.17, 15) is 4.79 Å². The van der Waals surface area contributed by atoms with Gasteiger partial charge in [0, 0.05) is 7.05 Å². The highest BCUT2D eigenvalue weighted by atomic mass is 35.5. The number of hydrogen-bond acceptors (Lipinski definition) is 4. The molecule has 1 aromatic heterocycles. The first-order valence-corrected chi connectivity index (χ1v) is 5.72. The Labute approximate surface area is 109 Å². The third-order valence-corrected chi connectivity index (χ3v) is 2.91. The topological polar surface area (TPSA) is 64.2 Å². The summed E-state index contributed by atoms with van der Waals surface area (Å²) in [6, 6.07) is 7.43. The maximum atomic E-state index is 12.1. The van der Waals surface area contributed by atoms with E-state index >= 15 is 0 Å². The van der Waals surface area contributed by atoms with Crippen molar-refractivity contribution in [1.29, 1.82) is 0 Å². The summed E-state index contributed by atoms with van der Waals surface area (Å²) in [6.45, 7) is 1.97. The van der Waals surface area contributed by atoms with E-state index in [0.717, 1.165) is 5.56 Å². The normalized spacial score (nSPS) is 10.4. The van der Waals surface area contributed by atoms with Gasteiger partial charge in [0.1, 0.15) is 5.02 Å². The lowest BCUT2D eigenvalue weighted by atomic mass is 10.2. The summed E-state index contributed by atoms with van der Waals surface area (Å²) in [5, 5.41) is 5.37. The van der Waals surface area contributed by atoms with Gasteiger partial charge in [-0.05, 0) is 19.1 Å². The van der Waals surface area contributed by atoms with E-state index in [1.807, 2.05) is 31.2 Å². The van der Waals surface area contributed by atoms with Crippen LogP contribution in [0.4, 0.5) is 5.69 Å². The Bertz CT molecular complexity index is 619. The average Bonchev–Trinajstić information content (AvgIpc) is 2.33. The fourth-order valence-corrected chi connectivity index (χ4v) is 1.80. The van der Waals surface area contributed by atoms with Crippen molar-refractivity contribution in [3.63, 3.8) is 0 Å². The minimum Gasteiger partial charge on any atom is -0.311 e. The molecule has 0 aliphatic rings. The zero-order valence-corrected chi connectivity index (χ0v) is 10.8. The molecule has 0 aliphatic heterocycles. The largest absolute Gasteiger partial charge is 0.311 e. The molecule has 2 aromatic rings. The van der Waals surface area contributed by atoms with Crippen LogP contribution in [0, 0.1) is 6.92 Å². The standard InChI is InChI=1S/C12H13ClN4O/c1-8-3-5-9(6-4-8)17-12(18)11(13)10(7-15-17)16(2)14/h3-7H,14H2,1-2H3. The molecule has 94 valence electrons. The number of benzene rings is 1. The molecular weight excluding hydrogens is 252 g/mol. The summed E-state index contributed by atoms with van der Waals surface area (Å²) in [6.07, 6.45) is 1.46. The first-order valence-electron chi connectivity index (χ1n) is 5.34. The maximum absolute atomic E-state index is 12.1. The van der Waals surface area contributed by atoms with Crippen LogP contribution in [0.2, 0.25) is 5.02 Å². The smallest absolute Gasteiger partial charge is 0.292 e. The molecule has 1 aromatic carbocycles. The van der Waals surface area contributed by atoms with Crippen molar-refractivity contribution in [3.8, 4) is 5.69 Å². The van der Waals surface area contributed by atoms with E-state index in [4.69, 9.17) is 17.4 Å². The van der Waals surface area contributed by atoms with Crippen LogP contribution >= 0.6 is 11.6 Å². The number of nitrogens with zero attached hydrogens (tertiary/aromatic N) is 3. The van der Waals surface area contributed by atoms with Crippen molar-refractivity contribution in [2.24, 2.45) is 5.84 Å². The first-order chi connectivity index (χ1) is 8.50. The van der Waals surface area contributed by atoms with Crippen molar-refractivity contribution in [2.45, 2.75) is 6.92 Å². The fourth-order valence-electron chi connectivity index (χ4n) is 1.54. The van der Waals surface area contributed by atoms with Crippen LogP contribution in [0.15, 0.2) is 35.3 Å². The Morgan fingerprint density at radius 3 is 2.50 bits per heavy atom. The summed E-state index contributed by atoms with van der Waals surface area (Å²) in [5.74, 6) is 5.55. The molecule has 1 heterocycles. The van der Waals surface area contributed by atoms with Crippen LogP contribution in [0.5, 0.6) is 0 Å². The molecule has 0 aliphatic carbocycles. The number of anilines is 1. The van der Waals surface area contributed by atoms with E-state index in [-0.39, 0.29) is 5.02 Å². The third kappa shape index (κ3) is 2.23. The molecule has 0 saturated carbocycles. The molecule has 0 radical (unpaired) electrons. The summed E-state index contributed by atoms with van der Waals surface area (Å²) < 4.78 is 1.24. The number of halogens is 1. The lowest BCUT2D eigenvalue weighted by Gasteiger charge is -2.14. The summed E-state index contributed by atoms with van der Waals surface area (Å²) in [4.78, 5) is 12.1. The van der Waals surface area contributed by atoms with Crippen molar-refractivity contribution in [1.82, 2.24) is 9.78 Å². The van der Waals surface area contributed by atoms with Gasteiger partial charge in [-0.1, -0.05) is 29.3 Å². The molecule has 0 bridgehead atoms. The van der Waals surface area contributed by atoms with Gasteiger partial charge in [0.05, 0.1) is 17.6 Å². The van der Waals surface area contributed by atoms with Gasteiger partial charge in [-0.2, -0.15) is 9.78 Å². The minimum absolute atomic E-state index is 0.0515. The number of aromatic nitrogens is 2. The van der Waals surface area contributed by atoms with Crippen LogP contribution < -0.4 is 16.4 Å². The minimum atomic E-state index is -0.393. The fraction of sp³-hybridized carbons (Fsp3) is 0.167. The van der Waals surface area contributed by atoms with E-state index in [2.05, 4.69) is 5.10 Å². The Balaban J connectivity index is 2.57. The Morgan fingerprint density at radius 2 is 1.94 bits per heavy atom. The second-order valence-corrected chi connectivity index (χ2v) is 4.39. The van der Waals surface area contributed by atoms with Gasteiger partial charge in [-0.3, -0.25) is 4.79 Å². The Morgan fingerprint density at radius 1 is 1.33 bits per heavy atom. The van der Waals surface area contributed by atoms with Gasteiger partial charge < -0.3 is 5.01 Å². The van der Waals surface area contributed by atoms with Gasteiger partial charge in [0.25, 0.3) is 5.56 Å². The van der Waals surface area contributed by atoms with Crippen molar-refractivity contribution < 1.29 is 0 Å². The first kappa shape index (κ1) is 12.6. The highest BCUT2D eigenvalue weighted by Gasteiger charge is 2.11. The van der Waals surface area contributed by atoms with Gasteiger partial charge in [-0.15, -0.1) is 0 Å². The molecule has 2 rings (SSSR count). The number of hydrazine groups is 1. The molecule has 18 heavy (non-hydrogen) atoms. The zero-order valence-electron chi connectivity index (χ0n) is 10.1. The average molecular weight is 265 g/mol.